The zero-order chi connectivity index (χ0) is 9.10. The van der Waals surface area contributed by atoms with Crippen molar-refractivity contribution in [3.05, 3.63) is 0 Å². The third kappa shape index (κ3) is 2.42. The van der Waals surface area contributed by atoms with E-state index in [4.69, 9.17) is 4.74 Å². The molecule has 2 fully saturated rings. The average molecular weight is 185 g/mol. The van der Waals surface area contributed by atoms with Gasteiger partial charge in [0, 0.05) is 0 Å². The van der Waals surface area contributed by atoms with Crippen LogP contribution in [0.2, 0.25) is 0 Å². The summed E-state index contributed by atoms with van der Waals surface area (Å²) in [4.78, 5) is 0. The van der Waals surface area contributed by atoms with Gasteiger partial charge in [-0.2, -0.15) is 0 Å². The van der Waals surface area contributed by atoms with Crippen molar-refractivity contribution in [3.8, 4) is 0 Å². The van der Waals surface area contributed by atoms with Gasteiger partial charge in [-0.25, -0.2) is 0 Å². The highest BCUT2D eigenvalue weighted by molar-refractivity contribution is 4.82. The van der Waals surface area contributed by atoms with Gasteiger partial charge in [-0.3, -0.25) is 0 Å². The fraction of sp³-hybridized carbons (Fsp3) is 1.00. The molecule has 0 spiro atoms. The van der Waals surface area contributed by atoms with Crippen molar-refractivity contribution < 1.29 is 9.84 Å². The first-order valence-electron chi connectivity index (χ1n) is 5.35. The largest absolute Gasteiger partial charge is 0.389 e. The van der Waals surface area contributed by atoms with Crippen molar-refractivity contribution in [3.63, 3.8) is 0 Å². The molecule has 76 valence electrons. The van der Waals surface area contributed by atoms with Crippen molar-refractivity contribution in [1.29, 1.82) is 0 Å². The van der Waals surface area contributed by atoms with Gasteiger partial charge in [0.1, 0.15) is 0 Å². The highest BCUT2D eigenvalue weighted by atomic mass is 16.5. The molecule has 1 aliphatic carbocycles. The Morgan fingerprint density at radius 1 is 1.23 bits per heavy atom. The lowest BCUT2D eigenvalue weighted by Gasteiger charge is -2.17. The fourth-order valence-corrected chi connectivity index (χ4v) is 2.27. The van der Waals surface area contributed by atoms with E-state index in [1.54, 1.807) is 0 Å². The van der Waals surface area contributed by atoms with Crippen LogP contribution in [0.15, 0.2) is 0 Å². The Balaban J connectivity index is 1.66. The van der Waals surface area contributed by atoms with Crippen LogP contribution in [0.25, 0.3) is 0 Å². The summed E-state index contributed by atoms with van der Waals surface area (Å²) in [5.74, 6) is 0.841. The Labute approximate surface area is 79.5 Å². The zero-order valence-electron chi connectivity index (χ0n) is 8.04. The van der Waals surface area contributed by atoms with Gasteiger partial charge >= 0.3 is 0 Å². The molecule has 2 N–H and O–H groups in total. The second-order valence-electron chi connectivity index (χ2n) is 4.27. The molecule has 0 aromatic carbocycles. The van der Waals surface area contributed by atoms with E-state index in [9.17, 15) is 5.11 Å². The summed E-state index contributed by atoms with van der Waals surface area (Å²) in [6.07, 6.45) is 5.20. The van der Waals surface area contributed by atoms with E-state index in [2.05, 4.69) is 5.32 Å². The van der Waals surface area contributed by atoms with Gasteiger partial charge in [-0.15, -0.1) is 0 Å². The maximum atomic E-state index is 9.48. The first-order valence-corrected chi connectivity index (χ1v) is 5.35. The predicted molar refractivity (Wildman–Crippen MR) is 50.6 cm³/mol. The molecule has 1 aliphatic heterocycles. The molecule has 0 aromatic heterocycles. The Morgan fingerprint density at radius 3 is 2.62 bits per heavy atom. The minimum absolute atomic E-state index is 0.181. The third-order valence-electron chi connectivity index (χ3n) is 3.19. The molecule has 2 atom stereocenters. The third-order valence-corrected chi connectivity index (χ3v) is 3.19. The Bertz CT molecular complexity index is 157. The lowest BCUT2D eigenvalue weighted by Crippen LogP contribution is -2.40. The SMILES string of the molecule is OC1COCC1NCC1CCCC1. The summed E-state index contributed by atoms with van der Waals surface area (Å²) in [7, 11) is 0. The maximum Gasteiger partial charge on any atom is 0.0948 e. The van der Waals surface area contributed by atoms with Crippen LogP contribution in [-0.2, 0) is 4.74 Å². The molecule has 3 heteroatoms. The van der Waals surface area contributed by atoms with Gasteiger partial charge in [0.2, 0.25) is 0 Å². The molecule has 0 radical (unpaired) electrons. The lowest BCUT2D eigenvalue weighted by molar-refractivity contribution is 0.122. The quantitative estimate of drug-likeness (QED) is 0.674. The minimum Gasteiger partial charge on any atom is -0.389 e. The van der Waals surface area contributed by atoms with Crippen molar-refractivity contribution in [2.45, 2.75) is 37.8 Å². The normalized spacial score (nSPS) is 35.8. The van der Waals surface area contributed by atoms with Gasteiger partial charge in [0.15, 0.2) is 0 Å². The lowest BCUT2D eigenvalue weighted by atomic mass is 10.1. The number of rotatable bonds is 3. The molecule has 1 saturated carbocycles. The van der Waals surface area contributed by atoms with Gasteiger partial charge in [-0.05, 0) is 25.3 Å². The van der Waals surface area contributed by atoms with Crippen molar-refractivity contribution in [1.82, 2.24) is 5.32 Å². The number of aliphatic hydroxyl groups is 1. The summed E-state index contributed by atoms with van der Waals surface area (Å²) in [6.45, 7) is 2.24. The van der Waals surface area contributed by atoms with E-state index >= 15 is 0 Å². The molecule has 1 saturated heterocycles. The number of hydrogen-bond donors (Lipinski definition) is 2. The highest BCUT2D eigenvalue weighted by Crippen LogP contribution is 2.24. The Hall–Kier alpha value is -0.120. The summed E-state index contributed by atoms with van der Waals surface area (Å²) < 4.78 is 5.17. The highest BCUT2D eigenvalue weighted by Gasteiger charge is 2.26. The van der Waals surface area contributed by atoms with E-state index in [1.807, 2.05) is 0 Å². The molecule has 0 bridgehead atoms. The van der Waals surface area contributed by atoms with Crippen LogP contribution >= 0.6 is 0 Å². The van der Waals surface area contributed by atoms with Crippen LogP contribution < -0.4 is 5.32 Å². The van der Waals surface area contributed by atoms with Gasteiger partial charge in [0.25, 0.3) is 0 Å². The summed E-state index contributed by atoms with van der Waals surface area (Å²) >= 11 is 0. The molecule has 2 unspecified atom stereocenters. The monoisotopic (exact) mass is 185 g/mol. The van der Waals surface area contributed by atoms with E-state index in [0.717, 1.165) is 12.5 Å². The van der Waals surface area contributed by atoms with Crippen LogP contribution in [0.1, 0.15) is 25.7 Å². The van der Waals surface area contributed by atoms with Crippen LogP contribution in [0, 0.1) is 5.92 Å². The van der Waals surface area contributed by atoms with Crippen molar-refractivity contribution in [2.75, 3.05) is 19.8 Å². The zero-order valence-corrected chi connectivity index (χ0v) is 8.04. The summed E-state index contributed by atoms with van der Waals surface area (Å²) in [5, 5.41) is 12.9. The summed E-state index contributed by atoms with van der Waals surface area (Å²) in [5.41, 5.74) is 0. The van der Waals surface area contributed by atoms with Gasteiger partial charge in [-0.1, -0.05) is 12.8 Å². The molecule has 13 heavy (non-hydrogen) atoms. The number of hydrogen-bond acceptors (Lipinski definition) is 3. The summed E-state index contributed by atoms with van der Waals surface area (Å²) in [6, 6.07) is 0.181. The molecule has 0 amide bonds. The van der Waals surface area contributed by atoms with E-state index in [0.29, 0.717) is 13.2 Å². The van der Waals surface area contributed by atoms with Gasteiger partial charge in [0.05, 0.1) is 25.4 Å². The second-order valence-corrected chi connectivity index (χ2v) is 4.27. The molecule has 1 heterocycles. The smallest absolute Gasteiger partial charge is 0.0948 e. The topological polar surface area (TPSA) is 41.5 Å². The van der Waals surface area contributed by atoms with Crippen LogP contribution in [0.5, 0.6) is 0 Å². The van der Waals surface area contributed by atoms with Crippen molar-refractivity contribution in [2.24, 2.45) is 5.92 Å². The van der Waals surface area contributed by atoms with Gasteiger partial charge < -0.3 is 15.2 Å². The Kier molecular flexibility index (Phi) is 3.19. The molecule has 0 aromatic rings. The van der Waals surface area contributed by atoms with Crippen LogP contribution in [0.3, 0.4) is 0 Å². The number of ether oxygens (including phenoxy) is 1. The van der Waals surface area contributed by atoms with E-state index in [1.165, 1.54) is 25.7 Å². The van der Waals surface area contributed by atoms with Crippen LogP contribution in [-0.4, -0.2) is 37.0 Å². The molecule has 3 nitrogen and oxygen atoms in total. The first-order chi connectivity index (χ1) is 6.36. The number of nitrogens with one attached hydrogen (secondary N) is 1. The standard InChI is InChI=1S/C10H19NO2/c12-10-7-13-6-9(10)11-5-8-3-1-2-4-8/h8-12H,1-7H2. The minimum atomic E-state index is -0.290. The van der Waals surface area contributed by atoms with Crippen molar-refractivity contribution >= 4 is 0 Å². The second kappa shape index (κ2) is 4.40. The van der Waals surface area contributed by atoms with E-state index in [-0.39, 0.29) is 12.1 Å². The molecular weight excluding hydrogens is 166 g/mol. The predicted octanol–water partition coefficient (Wildman–Crippen LogP) is 0.526. The fourth-order valence-electron chi connectivity index (χ4n) is 2.27. The number of aliphatic hydroxyl groups excluding tert-OH is 1. The van der Waals surface area contributed by atoms with Crippen LogP contribution in [0.4, 0.5) is 0 Å². The molecular formula is C10H19NO2. The first kappa shape index (κ1) is 9.44. The molecule has 2 rings (SSSR count). The van der Waals surface area contributed by atoms with E-state index < -0.39 is 0 Å². The maximum absolute atomic E-state index is 9.48. The average Bonchev–Trinajstić information content (AvgIpc) is 2.72. The molecule has 2 aliphatic rings. The Morgan fingerprint density at radius 2 is 2.00 bits per heavy atom.